The van der Waals surface area contributed by atoms with Crippen molar-refractivity contribution in [2.75, 3.05) is 13.1 Å². The summed E-state index contributed by atoms with van der Waals surface area (Å²) < 4.78 is 0. The minimum absolute atomic E-state index is 0.0835. The van der Waals surface area contributed by atoms with Crippen molar-refractivity contribution < 1.29 is 4.79 Å². The van der Waals surface area contributed by atoms with Crippen molar-refractivity contribution >= 4 is 17.2 Å². The van der Waals surface area contributed by atoms with Gasteiger partial charge >= 0.3 is 0 Å². The Morgan fingerprint density at radius 3 is 3.31 bits per heavy atom. The van der Waals surface area contributed by atoms with Gasteiger partial charge in [0, 0.05) is 18.0 Å². The lowest BCUT2D eigenvalue weighted by Gasteiger charge is -2.29. The van der Waals surface area contributed by atoms with Gasteiger partial charge in [-0.1, -0.05) is 0 Å². The fourth-order valence-corrected chi connectivity index (χ4v) is 3.44. The summed E-state index contributed by atoms with van der Waals surface area (Å²) in [4.78, 5) is 15.7. The third-order valence-corrected chi connectivity index (χ3v) is 4.50. The van der Waals surface area contributed by atoms with E-state index < -0.39 is 0 Å². The molecule has 0 aliphatic carbocycles. The van der Waals surface area contributed by atoms with E-state index in [1.165, 1.54) is 10.4 Å². The Balaban J connectivity index is 1.71. The number of hydrogen-bond donors (Lipinski definition) is 1. The van der Waals surface area contributed by atoms with Crippen molar-refractivity contribution in [1.29, 1.82) is 0 Å². The molecule has 16 heavy (non-hydrogen) atoms. The van der Waals surface area contributed by atoms with Gasteiger partial charge in [0.1, 0.15) is 0 Å². The van der Waals surface area contributed by atoms with Crippen LogP contribution in [0.2, 0.25) is 0 Å². The molecule has 1 aromatic heterocycles. The summed E-state index contributed by atoms with van der Waals surface area (Å²) in [5.74, 6) is 0.300. The lowest BCUT2D eigenvalue weighted by molar-refractivity contribution is -0.134. The number of carbonyl (C=O) groups is 1. The van der Waals surface area contributed by atoms with Crippen LogP contribution in [0.1, 0.15) is 23.3 Å². The minimum atomic E-state index is 0.0835. The lowest BCUT2D eigenvalue weighted by Crippen LogP contribution is -2.45. The summed E-state index contributed by atoms with van der Waals surface area (Å²) in [5, 5.41) is 5.41. The Hall–Kier alpha value is -0.870. The topological polar surface area (TPSA) is 32.3 Å². The molecule has 0 bridgehead atoms. The molecule has 1 saturated heterocycles. The largest absolute Gasteiger partial charge is 0.337 e. The van der Waals surface area contributed by atoms with Crippen LogP contribution in [0.5, 0.6) is 0 Å². The van der Waals surface area contributed by atoms with Gasteiger partial charge in [-0.25, -0.2) is 0 Å². The number of thiophene rings is 1. The van der Waals surface area contributed by atoms with Crippen molar-refractivity contribution in [3.05, 3.63) is 21.9 Å². The Bertz CT molecular complexity index is 395. The summed E-state index contributed by atoms with van der Waals surface area (Å²) in [6.07, 6.45) is 3.17. The van der Waals surface area contributed by atoms with Gasteiger partial charge in [0.15, 0.2) is 0 Å². The predicted molar refractivity (Wildman–Crippen MR) is 64.5 cm³/mol. The predicted octanol–water partition coefficient (Wildman–Crippen LogP) is 1.38. The molecular formula is C12H16N2OS. The maximum atomic E-state index is 12.2. The third-order valence-electron chi connectivity index (χ3n) is 3.48. The molecular weight excluding hydrogens is 220 g/mol. The first kappa shape index (κ1) is 10.3. The summed E-state index contributed by atoms with van der Waals surface area (Å²) in [6, 6.07) is 2.24. The Morgan fingerprint density at radius 2 is 2.50 bits per heavy atom. The van der Waals surface area contributed by atoms with E-state index in [2.05, 4.69) is 16.8 Å². The van der Waals surface area contributed by atoms with E-state index in [-0.39, 0.29) is 6.04 Å². The third kappa shape index (κ3) is 1.76. The van der Waals surface area contributed by atoms with E-state index in [1.807, 2.05) is 16.2 Å². The molecule has 2 aliphatic heterocycles. The molecule has 0 aromatic carbocycles. The molecule has 1 amide bonds. The monoisotopic (exact) mass is 236 g/mol. The first-order chi connectivity index (χ1) is 7.84. The molecule has 0 unspecified atom stereocenters. The van der Waals surface area contributed by atoms with Crippen LogP contribution in [0.3, 0.4) is 0 Å². The molecule has 1 N–H and O–H groups in total. The average Bonchev–Trinajstić information content (AvgIpc) is 2.98. The van der Waals surface area contributed by atoms with Crippen molar-refractivity contribution in [3.8, 4) is 0 Å². The van der Waals surface area contributed by atoms with Crippen molar-refractivity contribution in [2.24, 2.45) is 0 Å². The summed E-state index contributed by atoms with van der Waals surface area (Å²) in [5.41, 5.74) is 1.35. The first-order valence-corrected chi connectivity index (χ1v) is 6.80. The maximum Gasteiger partial charge on any atom is 0.240 e. The van der Waals surface area contributed by atoms with Crippen LogP contribution >= 0.6 is 11.3 Å². The second kappa shape index (κ2) is 4.18. The molecule has 3 nitrogen and oxygen atoms in total. The molecule has 2 aliphatic rings. The van der Waals surface area contributed by atoms with Gasteiger partial charge in [-0.2, -0.15) is 0 Å². The van der Waals surface area contributed by atoms with Crippen molar-refractivity contribution in [2.45, 2.75) is 31.8 Å². The van der Waals surface area contributed by atoms with Crippen LogP contribution in [0.4, 0.5) is 0 Å². The molecule has 0 spiro atoms. The second-order valence-corrected chi connectivity index (χ2v) is 5.53. The first-order valence-electron chi connectivity index (χ1n) is 5.92. The lowest BCUT2D eigenvalue weighted by atomic mass is 10.1. The van der Waals surface area contributed by atoms with Crippen molar-refractivity contribution in [3.63, 3.8) is 0 Å². The fourth-order valence-electron chi connectivity index (χ4n) is 2.55. The maximum absolute atomic E-state index is 12.2. The molecule has 1 aromatic rings. The Kier molecular flexibility index (Phi) is 2.69. The van der Waals surface area contributed by atoms with Gasteiger partial charge in [-0.05, 0) is 42.8 Å². The molecule has 0 radical (unpaired) electrons. The molecule has 1 atom stereocenters. The number of rotatable bonds is 1. The van der Waals surface area contributed by atoms with Crippen LogP contribution in [0.15, 0.2) is 11.4 Å². The summed E-state index contributed by atoms with van der Waals surface area (Å²) >= 11 is 1.82. The van der Waals surface area contributed by atoms with Gasteiger partial charge < -0.3 is 10.2 Å². The van der Waals surface area contributed by atoms with E-state index >= 15 is 0 Å². The normalized spacial score (nSPS) is 24.5. The second-order valence-electron chi connectivity index (χ2n) is 4.53. The molecule has 3 rings (SSSR count). The molecule has 1 fully saturated rings. The van der Waals surface area contributed by atoms with Gasteiger partial charge in [0.05, 0.1) is 6.04 Å². The van der Waals surface area contributed by atoms with E-state index in [9.17, 15) is 4.79 Å². The van der Waals surface area contributed by atoms with Gasteiger partial charge in [0.2, 0.25) is 5.91 Å². The highest BCUT2D eigenvalue weighted by Crippen LogP contribution is 2.24. The fraction of sp³-hybridized carbons (Fsp3) is 0.583. The number of amides is 1. The summed E-state index contributed by atoms with van der Waals surface area (Å²) in [6.45, 7) is 2.70. The Morgan fingerprint density at radius 1 is 1.56 bits per heavy atom. The van der Waals surface area contributed by atoms with Gasteiger partial charge in [-0.15, -0.1) is 11.3 Å². The van der Waals surface area contributed by atoms with E-state index in [4.69, 9.17) is 0 Å². The van der Waals surface area contributed by atoms with Crippen LogP contribution in [0, 0.1) is 0 Å². The molecule has 86 valence electrons. The zero-order valence-electron chi connectivity index (χ0n) is 9.24. The van der Waals surface area contributed by atoms with E-state index in [0.29, 0.717) is 5.91 Å². The van der Waals surface area contributed by atoms with Crippen molar-refractivity contribution in [1.82, 2.24) is 10.2 Å². The quantitative estimate of drug-likeness (QED) is 0.799. The van der Waals surface area contributed by atoms with E-state index in [0.717, 1.165) is 38.9 Å². The number of carbonyl (C=O) groups excluding carboxylic acids is 1. The highest BCUT2D eigenvalue weighted by Gasteiger charge is 2.29. The molecule has 3 heterocycles. The van der Waals surface area contributed by atoms with Gasteiger partial charge in [0.25, 0.3) is 0 Å². The zero-order valence-corrected chi connectivity index (χ0v) is 10.1. The standard InChI is InChI=1S/C12H16N2OS/c15-12(10-2-1-5-13-10)14-6-3-11-9(8-14)4-7-16-11/h4,7,10,13H,1-3,5-6,8H2/t10-/m1/s1. The van der Waals surface area contributed by atoms with Gasteiger partial charge in [-0.3, -0.25) is 4.79 Å². The average molecular weight is 236 g/mol. The highest BCUT2D eigenvalue weighted by atomic mass is 32.1. The Labute approximate surface area is 99.5 Å². The smallest absolute Gasteiger partial charge is 0.240 e. The molecule has 0 saturated carbocycles. The number of nitrogens with zero attached hydrogens (tertiary/aromatic N) is 1. The van der Waals surface area contributed by atoms with Crippen LogP contribution < -0.4 is 5.32 Å². The summed E-state index contributed by atoms with van der Waals surface area (Å²) in [7, 11) is 0. The highest BCUT2D eigenvalue weighted by molar-refractivity contribution is 7.10. The number of fused-ring (bicyclic) bond motifs is 1. The van der Waals surface area contributed by atoms with Crippen LogP contribution in [-0.4, -0.2) is 29.9 Å². The minimum Gasteiger partial charge on any atom is -0.337 e. The van der Waals surface area contributed by atoms with Crippen LogP contribution in [-0.2, 0) is 17.8 Å². The van der Waals surface area contributed by atoms with Crippen LogP contribution in [0.25, 0.3) is 0 Å². The zero-order chi connectivity index (χ0) is 11.0. The van der Waals surface area contributed by atoms with E-state index in [1.54, 1.807) is 0 Å². The SMILES string of the molecule is O=C([C@H]1CCCN1)N1CCc2sccc2C1. The number of hydrogen-bond acceptors (Lipinski definition) is 3. The number of nitrogens with one attached hydrogen (secondary N) is 1. The molecule has 4 heteroatoms.